The summed E-state index contributed by atoms with van der Waals surface area (Å²) in [5, 5.41) is 2.85. The van der Waals surface area contributed by atoms with Crippen LogP contribution in [0.15, 0.2) is 12.2 Å². The van der Waals surface area contributed by atoms with Gasteiger partial charge in [0.1, 0.15) is 0 Å². The fourth-order valence-electron chi connectivity index (χ4n) is 1.68. The molecule has 3 nitrogen and oxygen atoms in total. The lowest BCUT2D eigenvalue weighted by molar-refractivity contribution is -0.121. The van der Waals surface area contributed by atoms with E-state index in [0.717, 1.165) is 6.42 Å². The van der Waals surface area contributed by atoms with Crippen molar-refractivity contribution in [1.29, 1.82) is 0 Å². The highest BCUT2D eigenvalue weighted by molar-refractivity contribution is 5.75. The highest BCUT2D eigenvalue weighted by atomic mass is 16.1. The van der Waals surface area contributed by atoms with E-state index >= 15 is 0 Å². The van der Waals surface area contributed by atoms with E-state index in [4.69, 9.17) is 5.73 Å². The maximum absolute atomic E-state index is 11.4. The Morgan fingerprint density at radius 2 is 1.71 bits per heavy atom. The lowest BCUT2D eigenvalue weighted by Gasteiger charge is -2.02. The number of hydrogen-bond acceptors (Lipinski definition) is 2. The molecule has 3 heteroatoms. The average Bonchev–Trinajstić information content (AvgIpc) is 2.33. The Morgan fingerprint density at radius 3 is 2.35 bits per heavy atom. The minimum Gasteiger partial charge on any atom is -0.353 e. The molecule has 0 aliphatic rings. The summed E-state index contributed by atoms with van der Waals surface area (Å²) in [5.41, 5.74) is 5.29. The van der Waals surface area contributed by atoms with Crippen LogP contribution in [-0.2, 0) is 4.79 Å². The average molecular weight is 240 g/mol. The number of nitrogens with one attached hydrogen (secondary N) is 1. The SMILES string of the molecule is CCCCCCCCCC(=O)NC/C=C/CN. The molecule has 0 radical (unpaired) electrons. The maximum Gasteiger partial charge on any atom is 0.220 e. The first-order valence-electron chi connectivity index (χ1n) is 6.93. The summed E-state index contributed by atoms with van der Waals surface area (Å²) in [6, 6.07) is 0. The van der Waals surface area contributed by atoms with Gasteiger partial charge in [-0.2, -0.15) is 0 Å². The molecule has 0 aromatic carbocycles. The van der Waals surface area contributed by atoms with Crippen LogP contribution in [0.2, 0.25) is 0 Å². The van der Waals surface area contributed by atoms with Crippen LogP contribution in [0.3, 0.4) is 0 Å². The van der Waals surface area contributed by atoms with Crippen LogP contribution in [-0.4, -0.2) is 19.0 Å². The summed E-state index contributed by atoms with van der Waals surface area (Å²) in [4.78, 5) is 11.4. The van der Waals surface area contributed by atoms with Gasteiger partial charge in [-0.1, -0.05) is 57.6 Å². The van der Waals surface area contributed by atoms with E-state index in [9.17, 15) is 4.79 Å². The number of unbranched alkanes of at least 4 members (excludes halogenated alkanes) is 6. The van der Waals surface area contributed by atoms with E-state index in [1.54, 1.807) is 0 Å². The monoisotopic (exact) mass is 240 g/mol. The highest BCUT2D eigenvalue weighted by Crippen LogP contribution is 2.08. The second-order valence-electron chi connectivity index (χ2n) is 4.38. The standard InChI is InChI=1S/C14H28N2O/c1-2-3-4-5-6-7-8-11-14(17)16-13-10-9-12-15/h9-10H,2-8,11-13,15H2,1H3,(H,16,17)/b10-9+. The predicted molar refractivity (Wildman–Crippen MR) is 73.8 cm³/mol. The molecule has 0 spiro atoms. The van der Waals surface area contributed by atoms with Gasteiger partial charge in [0.05, 0.1) is 0 Å². The van der Waals surface area contributed by atoms with Crippen molar-refractivity contribution in [2.24, 2.45) is 5.73 Å². The Bertz CT molecular complexity index is 202. The summed E-state index contributed by atoms with van der Waals surface area (Å²) in [6.45, 7) is 3.36. The van der Waals surface area contributed by atoms with E-state index in [1.165, 1.54) is 38.5 Å². The molecule has 0 aromatic heterocycles. The van der Waals surface area contributed by atoms with Gasteiger partial charge in [0.15, 0.2) is 0 Å². The molecule has 0 atom stereocenters. The number of carbonyl (C=O) groups excluding carboxylic acids is 1. The fraction of sp³-hybridized carbons (Fsp3) is 0.786. The normalized spacial score (nSPS) is 10.9. The highest BCUT2D eigenvalue weighted by Gasteiger charge is 1.98. The van der Waals surface area contributed by atoms with Crippen molar-refractivity contribution in [3.8, 4) is 0 Å². The van der Waals surface area contributed by atoms with Crippen molar-refractivity contribution in [1.82, 2.24) is 5.32 Å². The van der Waals surface area contributed by atoms with Gasteiger partial charge >= 0.3 is 0 Å². The maximum atomic E-state index is 11.4. The predicted octanol–water partition coefficient (Wildman–Crippen LogP) is 2.76. The molecule has 0 fully saturated rings. The largest absolute Gasteiger partial charge is 0.353 e. The second-order valence-corrected chi connectivity index (χ2v) is 4.38. The van der Waals surface area contributed by atoms with E-state index in [2.05, 4.69) is 12.2 Å². The molecular formula is C14H28N2O. The zero-order chi connectivity index (χ0) is 12.8. The number of amides is 1. The Balaban J connectivity index is 3.19. The molecule has 17 heavy (non-hydrogen) atoms. The van der Waals surface area contributed by atoms with Gasteiger partial charge in [-0.05, 0) is 6.42 Å². The van der Waals surface area contributed by atoms with E-state index in [1.807, 2.05) is 12.2 Å². The van der Waals surface area contributed by atoms with Gasteiger partial charge in [-0.3, -0.25) is 4.79 Å². The molecule has 0 saturated heterocycles. The fourth-order valence-corrected chi connectivity index (χ4v) is 1.68. The van der Waals surface area contributed by atoms with Crippen molar-refractivity contribution in [2.75, 3.05) is 13.1 Å². The molecule has 0 saturated carbocycles. The van der Waals surface area contributed by atoms with Crippen LogP contribution in [0.25, 0.3) is 0 Å². The van der Waals surface area contributed by atoms with Crippen molar-refractivity contribution in [3.05, 3.63) is 12.2 Å². The first-order valence-corrected chi connectivity index (χ1v) is 6.93. The number of carbonyl (C=O) groups is 1. The summed E-state index contributed by atoms with van der Waals surface area (Å²) >= 11 is 0. The lowest BCUT2D eigenvalue weighted by atomic mass is 10.1. The van der Waals surface area contributed by atoms with Crippen molar-refractivity contribution < 1.29 is 4.79 Å². The molecule has 1 amide bonds. The van der Waals surface area contributed by atoms with Crippen molar-refractivity contribution >= 4 is 5.91 Å². The first kappa shape index (κ1) is 16.2. The molecular weight excluding hydrogens is 212 g/mol. The number of rotatable bonds is 11. The van der Waals surface area contributed by atoms with Crippen LogP contribution in [0.4, 0.5) is 0 Å². The van der Waals surface area contributed by atoms with Crippen LogP contribution in [0.5, 0.6) is 0 Å². The Kier molecular flexibility index (Phi) is 12.6. The summed E-state index contributed by atoms with van der Waals surface area (Å²) in [7, 11) is 0. The Morgan fingerprint density at radius 1 is 1.06 bits per heavy atom. The summed E-state index contributed by atoms with van der Waals surface area (Å²) in [6.07, 6.45) is 13.1. The summed E-state index contributed by atoms with van der Waals surface area (Å²) < 4.78 is 0. The molecule has 0 heterocycles. The van der Waals surface area contributed by atoms with Gasteiger partial charge < -0.3 is 11.1 Å². The van der Waals surface area contributed by atoms with E-state index in [0.29, 0.717) is 19.5 Å². The van der Waals surface area contributed by atoms with Crippen molar-refractivity contribution in [2.45, 2.75) is 58.3 Å². The topological polar surface area (TPSA) is 55.1 Å². The molecule has 100 valence electrons. The van der Waals surface area contributed by atoms with E-state index < -0.39 is 0 Å². The molecule has 0 aliphatic heterocycles. The van der Waals surface area contributed by atoms with Gasteiger partial charge in [0.2, 0.25) is 5.91 Å². The van der Waals surface area contributed by atoms with Gasteiger partial charge in [-0.15, -0.1) is 0 Å². The third kappa shape index (κ3) is 13.1. The number of nitrogens with two attached hydrogens (primary N) is 1. The Labute approximate surface area is 106 Å². The minimum atomic E-state index is 0.153. The third-order valence-corrected chi connectivity index (χ3v) is 2.73. The molecule has 0 aliphatic carbocycles. The number of hydrogen-bond donors (Lipinski definition) is 2. The molecule has 0 bridgehead atoms. The van der Waals surface area contributed by atoms with Crippen LogP contribution < -0.4 is 11.1 Å². The minimum absolute atomic E-state index is 0.153. The zero-order valence-corrected chi connectivity index (χ0v) is 11.2. The zero-order valence-electron chi connectivity index (χ0n) is 11.2. The lowest BCUT2D eigenvalue weighted by Crippen LogP contribution is -2.22. The van der Waals surface area contributed by atoms with Gasteiger partial charge in [-0.25, -0.2) is 0 Å². The molecule has 0 aromatic rings. The quantitative estimate of drug-likeness (QED) is 0.431. The van der Waals surface area contributed by atoms with Gasteiger partial charge in [0, 0.05) is 19.5 Å². The van der Waals surface area contributed by atoms with Gasteiger partial charge in [0.25, 0.3) is 0 Å². The third-order valence-electron chi connectivity index (χ3n) is 2.73. The van der Waals surface area contributed by atoms with Crippen LogP contribution >= 0.6 is 0 Å². The van der Waals surface area contributed by atoms with Crippen molar-refractivity contribution in [3.63, 3.8) is 0 Å². The molecule has 3 N–H and O–H groups in total. The Hall–Kier alpha value is -0.830. The van der Waals surface area contributed by atoms with Crippen LogP contribution in [0.1, 0.15) is 58.3 Å². The molecule has 0 rings (SSSR count). The van der Waals surface area contributed by atoms with Crippen LogP contribution in [0, 0.1) is 0 Å². The van der Waals surface area contributed by atoms with E-state index in [-0.39, 0.29) is 5.91 Å². The second kappa shape index (κ2) is 13.2. The summed E-state index contributed by atoms with van der Waals surface area (Å²) in [5.74, 6) is 0.153. The smallest absolute Gasteiger partial charge is 0.220 e. The molecule has 0 unspecified atom stereocenters. The first-order chi connectivity index (χ1) is 8.31.